The zero-order chi connectivity index (χ0) is 18.2. The number of nitrogens with zero attached hydrogens (tertiary/aromatic N) is 3. The quantitative estimate of drug-likeness (QED) is 0.711. The van der Waals surface area contributed by atoms with Gasteiger partial charge in [-0.15, -0.1) is 10.2 Å². The molecule has 1 aromatic carbocycles. The molecule has 1 radical (unpaired) electrons. The first-order valence-corrected chi connectivity index (χ1v) is 8.54. The summed E-state index contributed by atoms with van der Waals surface area (Å²) in [6.07, 6.45) is -1.69. The van der Waals surface area contributed by atoms with Gasteiger partial charge in [0, 0.05) is 18.6 Å². The minimum atomic E-state index is -0.860. The van der Waals surface area contributed by atoms with Gasteiger partial charge in [0.1, 0.15) is 5.01 Å². The second-order valence-corrected chi connectivity index (χ2v) is 6.53. The molecular formula is C15H17ClN5O3S. The Hall–Kier alpha value is -2.23. The summed E-state index contributed by atoms with van der Waals surface area (Å²) in [6, 6.07) is 7.25. The van der Waals surface area contributed by atoms with Crippen LogP contribution in [0.4, 0.5) is 9.93 Å². The van der Waals surface area contributed by atoms with Crippen LogP contribution in [-0.2, 0) is 16.1 Å². The molecule has 10 heteroatoms. The van der Waals surface area contributed by atoms with E-state index >= 15 is 0 Å². The van der Waals surface area contributed by atoms with Crippen LogP contribution in [0.1, 0.15) is 17.0 Å². The topological polar surface area (TPSA) is 107 Å². The molecule has 1 heterocycles. The molecule has 1 aromatic heterocycles. The third kappa shape index (κ3) is 6.29. The van der Waals surface area contributed by atoms with Gasteiger partial charge >= 0.3 is 6.09 Å². The molecule has 2 N–H and O–H groups in total. The third-order valence-electron chi connectivity index (χ3n) is 3.07. The zero-order valence-corrected chi connectivity index (χ0v) is 15.2. The summed E-state index contributed by atoms with van der Waals surface area (Å²) in [5.41, 5.74) is 0.818. The predicted octanol–water partition coefficient (Wildman–Crippen LogP) is 2.32. The molecule has 0 aliphatic heterocycles. The summed E-state index contributed by atoms with van der Waals surface area (Å²) in [6.45, 7) is 2.09. The lowest BCUT2D eigenvalue weighted by molar-refractivity contribution is -0.123. The molecule has 0 fully saturated rings. The molecule has 0 spiro atoms. The fourth-order valence-electron chi connectivity index (χ4n) is 1.86. The highest BCUT2D eigenvalue weighted by Gasteiger charge is 2.19. The number of rotatable bonds is 7. The highest BCUT2D eigenvalue weighted by atomic mass is 35.5. The Morgan fingerprint density at radius 3 is 2.76 bits per heavy atom. The first kappa shape index (κ1) is 19.1. The van der Waals surface area contributed by atoms with Crippen LogP contribution in [-0.4, -0.2) is 35.5 Å². The largest absolute Gasteiger partial charge is 0.430 e. The lowest BCUT2D eigenvalue weighted by atomic mass is 10.2. The monoisotopic (exact) mass is 382 g/mol. The minimum absolute atomic E-state index is 0.0937. The molecule has 0 saturated carbocycles. The molecule has 0 saturated heterocycles. The average Bonchev–Trinajstić information content (AvgIpc) is 2.98. The highest BCUT2D eigenvalue weighted by Crippen LogP contribution is 2.16. The Bertz CT molecular complexity index is 739. The van der Waals surface area contributed by atoms with Crippen molar-refractivity contribution in [1.82, 2.24) is 20.8 Å². The minimum Gasteiger partial charge on any atom is -0.430 e. The molecule has 2 amide bonds. The van der Waals surface area contributed by atoms with Crippen LogP contribution >= 0.6 is 22.9 Å². The molecule has 2 rings (SSSR count). The number of hydrogen-bond acceptors (Lipinski definition) is 7. The van der Waals surface area contributed by atoms with Crippen molar-refractivity contribution in [3.8, 4) is 0 Å². The number of anilines is 1. The highest BCUT2D eigenvalue weighted by molar-refractivity contribution is 7.15. The zero-order valence-electron chi connectivity index (χ0n) is 13.7. The second-order valence-electron chi connectivity index (χ2n) is 4.94. The maximum Gasteiger partial charge on any atom is 0.415 e. The van der Waals surface area contributed by atoms with E-state index in [0.717, 1.165) is 5.56 Å². The summed E-state index contributed by atoms with van der Waals surface area (Å²) in [7, 11) is 1.39. The number of amides is 2. The molecule has 0 aliphatic rings. The Morgan fingerprint density at radius 1 is 1.36 bits per heavy atom. The van der Waals surface area contributed by atoms with E-state index in [2.05, 4.69) is 26.1 Å². The van der Waals surface area contributed by atoms with Gasteiger partial charge in [-0.2, -0.15) is 0 Å². The van der Waals surface area contributed by atoms with Crippen LogP contribution in [0.25, 0.3) is 0 Å². The Labute approximate surface area is 153 Å². The number of ether oxygens (including phenoxy) is 1. The molecule has 1 atom stereocenters. The number of aryl methyl sites for hydroxylation is 1. The summed E-state index contributed by atoms with van der Waals surface area (Å²) in [4.78, 5) is 23.6. The van der Waals surface area contributed by atoms with E-state index in [1.165, 1.54) is 18.4 Å². The smallest absolute Gasteiger partial charge is 0.415 e. The van der Waals surface area contributed by atoms with Crippen LogP contribution in [0.5, 0.6) is 0 Å². The standard InChI is InChI=1S/C15H17ClN5O3S/c1-9-20-21-14(25-9)19-15(23)24-13(7-12(22)17-2)18-8-10-5-3-4-6-11(10)16/h3-6,13,18H,7-8H2,1-2H3,(H,19,21,23). The van der Waals surface area contributed by atoms with Gasteiger partial charge in [0.15, 0.2) is 6.23 Å². The molecule has 0 bridgehead atoms. The van der Waals surface area contributed by atoms with Gasteiger partial charge in [0.25, 0.3) is 0 Å². The molecular weight excluding hydrogens is 366 g/mol. The fourth-order valence-corrected chi connectivity index (χ4v) is 2.64. The Morgan fingerprint density at radius 2 is 2.12 bits per heavy atom. The van der Waals surface area contributed by atoms with E-state index in [9.17, 15) is 9.59 Å². The van der Waals surface area contributed by atoms with Crippen LogP contribution < -0.4 is 16.0 Å². The third-order valence-corrected chi connectivity index (χ3v) is 4.19. The van der Waals surface area contributed by atoms with E-state index in [0.29, 0.717) is 21.7 Å². The Balaban J connectivity index is 1.95. The summed E-state index contributed by atoms with van der Waals surface area (Å²) < 4.78 is 5.25. The molecule has 8 nitrogen and oxygen atoms in total. The first-order valence-electron chi connectivity index (χ1n) is 7.35. The number of hydrogen-bond donors (Lipinski definition) is 2. The second kappa shape index (κ2) is 9.30. The molecule has 25 heavy (non-hydrogen) atoms. The maximum atomic E-state index is 12.0. The SMILES string of the molecule is C[N]C(=O)CC(NCc1ccccc1Cl)OC(=O)Nc1nnc(C)s1. The molecule has 133 valence electrons. The molecule has 2 aromatic rings. The van der Waals surface area contributed by atoms with Crippen LogP contribution in [0.3, 0.4) is 0 Å². The van der Waals surface area contributed by atoms with Gasteiger partial charge < -0.3 is 4.74 Å². The predicted molar refractivity (Wildman–Crippen MR) is 94.5 cm³/mol. The Kier molecular flexibility index (Phi) is 7.11. The van der Waals surface area contributed by atoms with Crippen molar-refractivity contribution in [1.29, 1.82) is 0 Å². The van der Waals surface area contributed by atoms with E-state index in [-0.39, 0.29) is 6.42 Å². The van der Waals surface area contributed by atoms with Crippen molar-refractivity contribution in [3.05, 3.63) is 39.9 Å². The van der Waals surface area contributed by atoms with E-state index in [1.807, 2.05) is 18.2 Å². The number of carbonyl (C=O) groups excluding carboxylic acids is 2. The normalized spacial score (nSPS) is 11.6. The lowest BCUT2D eigenvalue weighted by Crippen LogP contribution is -2.38. The van der Waals surface area contributed by atoms with Crippen LogP contribution in [0, 0.1) is 6.92 Å². The van der Waals surface area contributed by atoms with Gasteiger partial charge in [-0.1, -0.05) is 41.1 Å². The molecule has 0 aliphatic carbocycles. The van der Waals surface area contributed by atoms with Crippen molar-refractivity contribution in [2.75, 3.05) is 12.4 Å². The van der Waals surface area contributed by atoms with E-state index in [1.54, 1.807) is 13.0 Å². The number of aromatic nitrogens is 2. The number of carbonyl (C=O) groups is 2. The van der Waals surface area contributed by atoms with Crippen molar-refractivity contribution < 1.29 is 14.3 Å². The maximum absolute atomic E-state index is 12.0. The lowest BCUT2D eigenvalue weighted by Gasteiger charge is -2.18. The average molecular weight is 383 g/mol. The van der Waals surface area contributed by atoms with Gasteiger partial charge in [-0.25, -0.2) is 4.79 Å². The van der Waals surface area contributed by atoms with Gasteiger partial charge in [-0.3, -0.25) is 20.7 Å². The summed E-state index contributed by atoms with van der Waals surface area (Å²) in [5, 5.41) is 18.2. The van der Waals surface area contributed by atoms with Crippen molar-refractivity contribution >= 4 is 40.1 Å². The van der Waals surface area contributed by atoms with Crippen LogP contribution in [0.2, 0.25) is 5.02 Å². The number of nitrogens with one attached hydrogen (secondary N) is 2. The number of benzene rings is 1. The van der Waals surface area contributed by atoms with E-state index < -0.39 is 18.2 Å². The van der Waals surface area contributed by atoms with Crippen LogP contribution in [0.15, 0.2) is 24.3 Å². The van der Waals surface area contributed by atoms with Crippen molar-refractivity contribution in [2.24, 2.45) is 0 Å². The number of halogens is 1. The summed E-state index contributed by atoms with van der Waals surface area (Å²) in [5.74, 6) is -0.392. The van der Waals surface area contributed by atoms with E-state index in [4.69, 9.17) is 16.3 Å². The molecule has 1 unspecified atom stereocenters. The summed E-state index contributed by atoms with van der Waals surface area (Å²) >= 11 is 7.31. The fraction of sp³-hybridized carbons (Fsp3) is 0.333. The van der Waals surface area contributed by atoms with Crippen molar-refractivity contribution in [2.45, 2.75) is 26.1 Å². The van der Waals surface area contributed by atoms with Gasteiger partial charge in [0.05, 0.1) is 6.42 Å². The van der Waals surface area contributed by atoms with Gasteiger partial charge in [0.2, 0.25) is 11.0 Å². The first-order chi connectivity index (χ1) is 12.0. The van der Waals surface area contributed by atoms with Gasteiger partial charge in [-0.05, 0) is 18.6 Å². The van der Waals surface area contributed by atoms with Crippen molar-refractivity contribution in [3.63, 3.8) is 0 Å².